The van der Waals surface area contributed by atoms with Gasteiger partial charge in [0, 0.05) is 24.9 Å². The summed E-state index contributed by atoms with van der Waals surface area (Å²) in [6, 6.07) is 1.55. The van der Waals surface area contributed by atoms with E-state index in [2.05, 4.69) is 15.6 Å². The summed E-state index contributed by atoms with van der Waals surface area (Å²) >= 11 is 0. The van der Waals surface area contributed by atoms with E-state index in [9.17, 15) is 9.18 Å². The highest BCUT2D eigenvalue weighted by atomic mass is 19.1. The van der Waals surface area contributed by atoms with Crippen molar-refractivity contribution in [2.45, 2.75) is 19.4 Å². The van der Waals surface area contributed by atoms with E-state index in [1.54, 1.807) is 6.92 Å². The lowest BCUT2D eigenvalue weighted by atomic mass is 10.2. The molecule has 1 aromatic rings. The molecule has 0 saturated carbocycles. The van der Waals surface area contributed by atoms with Gasteiger partial charge in [0.05, 0.1) is 6.61 Å². The van der Waals surface area contributed by atoms with Gasteiger partial charge in [-0.05, 0) is 37.6 Å². The highest BCUT2D eigenvalue weighted by molar-refractivity contribution is 5.87. The van der Waals surface area contributed by atoms with E-state index in [1.807, 2.05) is 0 Å². The van der Waals surface area contributed by atoms with Gasteiger partial charge in [0.15, 0.2) is 11.6 Å². The molecule has 0 bridgehead atoms. The Morgan fingerprint density at radius 3 is 3.20 bits per heavy atom. The van der Waals surface area contributed by atoms with Crippen LogP contribution in [0.25, 0.3) is 6.08 Å². The second-order valence-corrected chi connectivity index (χ2v) is 4.52. The maximum Gasteiger partial charge on any atom is 0.330 e. The highest BCUT2D eigenvalue weighted by Crippen LogP contribution is 2.15. The lowest BCUT2D eigenvalue weighted by Crippen LogP contribution is -2.23. The van der Waals surface area contributed by atoms with Crippen molar-refractivity contribution in [3.8, 4) is 0 Å². The normalized spacial score (nSPS) is 18.4. The Morgan fingerprint density at radius 2 is 2.55 bits per heavy atom. The van der Waals surface area contributed by atoms with Crippen molar-refractivity contribution in [1.29, 1.82) is 0 Å². The number of esters is 1. The van der Waals surface area contributed by atoms with Crippen molar-refractivity contribution in [2.24, 2.45) is 0 Å². The van der Waals surface area contributed by atoms with Crippen LogP contribution in [0.1, 0.15) is 18.9 Å². The van der Waals surface area contributed by atoms with Gasteiger partial charge in [-0.25, -0.2) is 14.2 Å². The van der Waals surface area contributed by atoms with E-state index in [0.717, 1.165) is 19.5 Å². The molecule has 108 valence electrons. The van der Waals surface area contributed by atoms with Crippen LogP contribution < -0.4 is 10.6 Å². The molecular formula is C14H18FN3O2. The van der Waals surface area contributed by atoms with Crippen molar-refractivity contribution in [3.05, 3.63) is 29.7 Å². The molecule has 0 aliphatic carbocycles. The summed E-state index contributed by atoms with van der Waals surface area (Å²) in [4.78, 5) is 15.2. The molecule has 5 nitrogen and oxygen atoms in total. The van der Waals surface area contributed by atoms with Gasteiger partial charge in [-0.1, -0.05) is 0 Å². The summed E-state index contributed by atoms with van der Waals surface area (Å²) in [5, 5.41) is 6.25. The minimum absolute atomic E-state index is 0.206. The molecule has 6 heteroatoms. The van der Waals surface area contributed by atoms with Crippen LogP contribution in [0.2, 0.25) is 0 Å². The van der Waals surface area contributed by atoms with Crippen LogP contribution in [0.5, 0.6) is 0 Å². The number of carbonyl (C=O) groups excluding carboxylic acids is 1. The van der Waals surface area contributed by atoms with Gasteiger partial charge in [0.1, 0.15) is 0 Å². The number of hydrogen-bond acceptors (Lipinski definition) is 5. The van der Waals surface area contributed by atoms with Crippen molar-refractivity contribution in [3.63, 3.8) is 0 Å². The first-order valence-electron chi connectivity index (χ1n) is 6.66. The number of nitrogens with zero attached hydrogens (tertiary/aromatic N) is 1. The van der Waals surface area contributed by atoms with Gasteiger partial charge in [0.25, 0.3) is 0 Å². The van der Waals surface area contributed by atoms with Crippen molar-refractivity contribution in [1.82, 2.24) is 10.3 Å². The van der Waals surface area contributed by atoms with Crippen LogP contribution in [-0.2, 0) is 9.53 Å². The van der Waals surface area contributed by atoms with Crippen molar-refractivity contribution < 1.29 is 13.9 Å². The van der Waals surface area contributed by atoms with Crippen LogP contribution >= 0.6 is 0 Å². The molecule has 1 aromatic heterocycles. The van der Waals surface area contributed by atoms with Gasteiger partial charge >= 0.3 is 5.97 Å². The Kier molecular flexibility index (Phi) is 5.06. The summed E-state index contributed by atoms with van der Waals surface area (Å²) in [5.74, 6) is -0.637. The number of aromatic nitrogens is 1. The standard InChI is InChI=1S/C14H18FN3O2/c1-2-20-13(19)4-3-10-7-12(15)14(17-8-10)18-11-5-6-16-9-11/h3-4,7-8,11,16H,2,5-6,9H2,1H3,(H,17,18)/t11-/m1/s1. The molecule has 2 heterocycles. The minimum Gasteiger partial charge on any atom is -0.463 e. The molecule has 0 aromatic carbocycles. The Morgan fingerprint density at radius 1 is 1.70 bits per heavy atom. The Hall–Kier alpha value is -1.95. The van der Waals surface area contributed by atoms with Crippen molar-refractivity contribution >= 4 is 17.9 Å². The Labute approximate surface area is 117 Å². The number of halogens is 1. The topological polar surface area (TPSA) is 63.2 Å². The van der Waals surface area contributed by atoms with Crippen LogP contribution in [0.15, 0.2) is 18.3 Å². The van der Waals surface area contributed by atoms with Crippen LogP contribution in [0, 0.1) is 5.82 Å². The van der Waals surface area contributed by atoms with Crippen LogP contribution in [-0.4, -0.2) is 36.7 Å². The first kappa shape index (κ1) is 14.5. The molecule has 1 fully saturated rings. The predicted molar refractivity (Wildman–Crippen MR) is 74.8 cm³/mol. The quantitative estimate of drug-likeness (QED) is 0.633. The molecule has 1 aliphatic rings. The molecule has 1 aliphatic heterocycles. The molecule has 0 amide bonds. The zero-order chi connectivity index (χ0) is 14.4. The third-order valence-corrected chi connectivity index (χ3v) is 2.96. The molecule has 1 atom stereocenters. The molecular weight excluding hydrogens is 261 g/mol. The lowest BCUT2D eigenvalue weighted by Gasteiger charge is -2.12. The summed E-state index contributed by atoms with van der Waals surface area (Å²) in [6.07, 6.45) is 5.21. The average molecular weight is 279 g/mol. The summed E-state index contributed by atoms with van der Waals surface area (Å²) in [7, 11) is 0. The Bertz CT molecular complexity index is 499. The summed E-state index contributed by atoms with van der Waals surface area (Å²) < 4.78 is 18.6. The number of anilines is 1. The fourth-order valence-corrected chi connectivity index (χ4v) is 1.98. The van der Waals surface area contributed by atoms with Crippen molar-refractivity contribution in [2.75, 3.05) is 25.0 Å². The summed E-state index contributed by atoms with van der Waals surface area (Å²) in [6.45, 7) is 3.78. The third-order valence-electron chi connectivity index (χ3n) is 2.96. The smallest absolute Gasteiger partial charge is 0.330 e. The number of ether oxygens (including phenoxy) is 1. The fraction of sp³-hybridized carbons (Fsp3) is 0.429. The van der Waals surface area contributed by atoms with Gasteiger partial charge in [0.2, 0.25) is 0 Å². The van der Waals surface area contributed by atoms with E-state index in [1.165, 1.54) is 24.4 Å². The largest absolute Gasteiger partial charge is 0.463 e. The maximum absolute atomic E-state index is 13.9. The van der Waals surface area contributed by atoms with E-state index in [4.69, 9.17) is 4.74 Å². The zero-order valence-electron chi connectivity index (χ0n) is 11.4. The number of nitrogens with one attached hydrogen (secondary N) is 2. The number of rotatable bonds is 5. The molecule has 0 unspecified atom stereocenters. The molecule has 0 radical (unpaired) electrons. The minimum atomic E-state index is -0.452. The molecule has 0 spiro atoms. The van der Waals surface area contributed by atoms with E-state index < -0.39 is 11.8 Å². The first-order chi connectivity index (χ1) is 9.69. The van der Waals surface area contributed by atoms with Gasteiger partial charge in [-0.2, -0.15) is 0 Å². The number of carbonyl (C=O) groups is 1. The molecule has 2 N–H and O–H groups in total. The van der Waals surface area contributed by atoms with E-state index >= 15 is 0 Å². The predicted octanol–water partition coefficient (Wildman–Crippen LogP) is 1.57. The van der Waals surface area contributed by atoms with Gasteiger partial charge < -0.3 is 15.4 Å². The fourth-order valence-electron chi connectivity index (χ4n) is 1.98. The molecule has 2 rings (SSSR count). The number of hydrogen-bond donors (Lipinski definition) is 2. The summed E-state index contributed by atoms with van der Waals surface area (Å²) in [5.41, 5.74) is 0.519. The van der Waals surface area contributed by atoms with E-state index in [-0.39, 0.29) is 11.9 Å². The first-order valence-corrected chi connectivity index (χ1v) is 6.66. The van der Waals surface area contributed by atoms with Gasteiger partial charge in [-0.3, -0.25) is 0 Å². The number of pyridine rings is 1. The van der Waals surface area contributed by atoms with Crippen LogP contribution in [0.4, 0.5) is 10.2 Å². The maximum atomic E-state index is 13.9. The average Bonchev–Trinajstić information content (AvgIpc) is 2.92. The second-order valence-electron chi connectivity index (χ2n) is 4.52. The molecule has 1 saturated heterocycles. The molecule has 20 heavy (non-hydrogen) atoms. The zero-order valence-corrected chi connectivity index (χ0v) is 11.4. The SMILES string of the molecule is CCOC(=O)C=Cc1cnc(N[C@@H]2CCNC2)c(F)c1. The third kappa shape index (κ3) is 4.03. The highest BCUT2D eigenvalue weighted by Gasteiger charge is 2.16. The van der Waals surface area contributed by atoms with Gasteiger partial charge in [-0.15, -0.1) is 0 Å². The lowest BCUT2D eigenvalue weighted by molar-refractivity contribution is -0.137. The monoisotopic (exact) mass is 279 g/mol. The van der Waals surface area contributed by atoms with Crippen LogP contribution in [0.3, 0.4) is 0 Å². The van der Waals surface area contributed by atoms with E-state index in [0.29, 0.717) is 12.2 Å². The Balaban J connectivity index is 1.99. The second kappa shape index (κ2) is 7.00.